The van der Waals surface area contributed by atoms with Crippen molar-refractivity contribution >= 4 is 39.2 Å². The maximum atomic E-state index is 12.9. The molecule has 1 aliphatic heterocycles. The normalized spacial score (nSPS) is 15.5. The van der Waals surface area contributed by atoms with Crippen molar-refractivity contribution in [2.75, 3.05) is 52.6 Å². The largest absolute Gasteiger partial charge is 0.306 e. The zero-order chi connectivity index (χ0) is 22.0. The summed E-state index contributed by atoms with van der Waals surface area (Å²) in [5.41, 5.74) is 4.42. The van der Waals surface area contributed by atoms with Gasteiger partial charge in [-0.25, -0.2) is 5.01 Å². The predicted molar refractivity (Wildman–Crippen MR) is 122 cm³/mol. The molecule has 10 heteroatoms. The first kappa shape index (κ1) is 21.4. The topological polar surface area (TPSA) is 96.6 Å². The van der Waals surface area contributed by atoms with Gasteiger partial charge < -0.3 is 10.2 Å². The van der Waals surface area contributed by atoms with Crippen molar-refractivity contribution in [2.24, 2.45) is 0 Å². The molecule has 0 spiro atoms. The summed E-state index contributed by atoms with van der Waals surface area (Å²) < 4.78 is 0. The van der Waals surface area contributed by atoms with Crippen LogP contribution in [0.25, 0.3) is 10.2 Å². The number of nitrogens with zero attached hydrogens (tertiary/aromatic N) is 4. The third-order valence-corrected chi connectivity index (χ3v) is 6.26. The van der Waals surface area contributed by atoms with E-state index in [9.17, 15) is 9.59 Å². The summed E-state index contributed by atoms with van der Waals surface area (Å²) in [6.45, 7) is 5.01. The lowest BCUT2D eigenvalue weighted by atomic mass is 10.1. The fourth-order valence-electron chi connectivity index (χ4n) is 3.54. The van der Waals surface area contributed by atoms with Gasteiger partial charge in [0.1, 0.15) is 10.6 Å². The highest BCUT2D eigenvalue weighted by atomic mass is 32.1. The smallest absolute Gasteiger partial charge is 0.275 e. The van der Waals surface area contributed by atoms with Crippen LogP contribution in [0, 0.1) is 0 Å². The van der Waals surface area contributed by atoms with Crippen molar-refractivity contribution < 1.29 is 9.59 Å². The van der Waals surface area contributed by atoms with E-state index in [1.807, 2.05) is 12.1 Å². The lowest BCUT2D eigenvalue weighted by Gasteiger charge is -2.32. The number of fused-ring (bicyclic) bond motifs is 1. The van der Waals surface area contributed by atoms with Crippen LogP contribution in [-0.4, -0.2) is 84.1 Å². The number of H-pyrrole nitrogens is 1. The van der Waals surface area contributed by atoms with E-state index < -0.39 is 0 Å². The second kappa shape index (κ2) is 9.15. The summed E-state index contributed by atoms with van der Waals surface area (Å²) in [6.07, 6.45) is 0. The maximum Gasteiger partial charge on any atom is 0.275 e. The highest BCUT2D eigenvalue weighted by Gasteiger charge is 2.18. The molecule has 0 aliphatic carbocycles. The SMILES string of the molecule is CN1CCN(Cc2cccc(C(=O)Nc3[nH]nc4sc(C(=O)NN(C)C)cc34)c2)CC1. The van der Waals surface area contributed by atoms with Crippen LogP contribution in [0.1, 0.15) is 25.6 Å². The first-order valence-corrected chi connectivity index (χ1v) is 11.0. The Bertz CT molecular complexity index is 1080. The van der Waals surface area contributed by atoms with Crippen molar-refractivity contribution in [2.45, 2.75) is 6.54 Å². The molecule has 3 N–H and O–H groups in total. The molecular weight excluding hydrogens is 414 g/mol. The molecule has 1 aromatic carbocycles. The molecule has 3 aromatic rings. The van der Waals surface area contributed by atoms with E-state index in [4.69, 9.17) is 0 Å². The van der Waals surface area contributed by atoms with Crippen molar-refractivity contribution in [1.82, 2.24) is 30.4 Å². The van der Waals surface area contributed by atoms with Crippen LogP contribution < -0.4 is 10.7 Å². The fraction of sp³-hybridized carbons (Fsp3) is 0.381. The van der Waals surface area contributed by atoms with Gasteiger partial charge in [0.25, 0.3) is 11.8 Å². The minimum atomic E-state index is -0.212. The van der Waals surface area contributed by atoms with Gasteiger partial charge >= 0.3 is 0 Å². The average Bonchev–Trinajstić information content (AvgIpc) is 3.31. The van der Waals surface area contributed by atoms with Gasteiger partial charge in [0.2, 0.25) is 0 Å². The lowest BCUT2D eigenvalue weighted by Crippen LogP contribution is -2.43. The Labute approximate surface area is 185 Å². The molecule has 1 saturated heterocycles. The number of amides is 2. The Kier molecular flexibility index (Phi) is 6.33. The molecule has 0 saturated carbocycles. The van der Waals surface area contributed by atoms with Gasteiger partial charge in [-0.15, -0.1) is 11.3 Å². The number of aromatic amines is 1. The molecule has 31 heavy (non-hydrogen) atoms. The van der Waals surface area contributed by atoms with Crippen molar-refractivity contribution in [1.29, 1.82) is 0 Å². The standard InChI is InChI=1S/C21H27N7O2S/c1-26(2)25-20(30)17-12-16-18(23-24-21(16)31-17)22-19(29)15-6-4-5-14(11-15)13-28-9-7-27(3)8-10-28/h4-6,11-12H,7-10,13H2,1-3H3,(H,25,30)(H2,22,23,24,29). The second-order valence-electron chi connectivity index (χ2n) is 8.00. The summed E-state index contributed by atoms with van der Waals surface area (Å²) >= 11 is 1.27. The number of anilines is 1. The van der Waals surface area contributed by atoms with Crippen molar-refractivity contribution in [3.63, 3.8) is 0 Å². The summed E-state index contributed by atoms with van der Waals surface area (Å²) in [5, 5.41) is 12.3. The van der Waals surface area contributed by atoms with Gasteiger partial charge in [-0.05, 0) is 30.8 Å². The van der Waals surface area contributed by atoms with Crippen LogP contribution in [0.3, 0.4) is 0 Å². The van der Waals surface area contributed by atoms with Crippen molar-refractivity contribution in [3.05, 3.63) is 46.3 Å². The number of aromatic nitrogens is 2. The van der Waals surface area contributed by atoms with E-state index in [0.29, 0.717) is 21.1 Å². The number of hydrogen-bond acceptors (Lipinski definition) is 7. The van der Waals surface area contributed by atoms with Gasteiger partial charge in [-0.2, -0.15) is 5.10 Å². The molecule has 0 radical (unpaired) electrons. The molecule has 4 rings (SSSR count). The number of benzene rings is 1. The maximum absolute atomic E-state index is 12.9. The number of hydrogen-bond donors (Lipinski definition) is 3. The molecular formula is C21H27N7O2S. The van der Waals surface area contributed by atoms with Crippen molar-refractivity contribution in [3.8, 4) is 0 Å². The van der Waals surface area contributed by atoms with Gasteiger partial charge in [-0.3, -0.25) is 25.0 Å². The van der Waals surface area contributed by atoms with Gasteiger partial charge in [0.05, 0.1) is 10.3 Å². The summed E-state index contributed by atoms with van der Waals surface area (Å²) in [6, 6.07) is 9.45. The summed E-state index contributed by atoms with van der Waals surface area (Å²) in [7, 11) is 5.64. The second-order valence-corrected chi connectivity index (χ2v) is 9.03. The molecule has 1 aliphatic rings. The molecule has 1 fully saturated rings. The highest BCUT2D eigenvalue weighted by Crippen LogP contribution is 2.29. The number of nitrogens with one attached hydrogen (secondary N) is 3. The number of thiophene rings is 1. The Balaban J connectivity index is 1.45. The van der Waals surface area contributed by atoms with E-state index in [2.05, 4.69) is 43.9 Å². The first-order valence-electron chi connectivity index (χ1n) is 10.2. The van der Waals surface area contributed by atoms with E-state index in [0.717, 1.165) is 43.7 Å². The minimum absolute atomic E-state index is 0.207. The van der Waals surface area contributed by atoms with Gasteiger partial charge in [0.15, 0.2) is 0 Å². The van der Waals surface area contributed by atoms with Crippen LogP contribution >= 0.6 is 11.3 Å². The summed E-state index contributed by atoms with van der Waals surface area (Å²) in [5.74, 6) is 0.0720. The Morgan fingerprint density at radius 2 is 1.94 bits per heavy atom. The van der Waals surface area contributed by atoms with E-state index in [1.165, 1.54) is 11.3 Å². The fourth-order valence-corrected chi connectivity index (χ4v) is 4.42. The van der Waals surface area contributed by atoms with E-state index in [-0.39, 0.29) is 11.8 Å². The number of piperazine rings is 1. The van der Waals surface area contributed by atoms with Crippen LogP contribution in [0.4, 0.5) is 5.82 Å². The zero-order valence-electron chi connectivity index (χ0n) is 17.9. The Hall–Kier alpha value is -2.79. The number of rotatable bonds is 6. The number of likely N-dealkylation sites (N-methyl/N-ethyl adjacent to an activating group) is 1. The predicted octanol–water partition coefficient (Wildman–Crippen LogP) is 1.83. The minimum Gasteiger partial charge on any atom is -0.306 e. The first-order chi connectivity index (χ1) is 14.9. The Morgan fingerprint density at radius 1 is 1.16 bits per heavy atom. The molecule has 3 heterocycles. The molecule has 2 amide bonds. The lowest BCUT2D eigenvalue weighted by molar-refractivity contribution is 0.0861. The third kappa shape index (κ3) is 5.10. The number of hydrazine groups is 1. The summed E-state index contributed by atoms with van der Waals surface area (Å²) in [4.78, 5) is 31.0. The number of carbonyl (C=O) groups is 2. The number of carbonyl (C=O) groups excluding carboxylic acids is 2. The molecule has 2 aromatic heterocycles. The molecule has 0 unspecified atom stereocenters. The zero-order valence-corrected chi connectivity index (χ0v) is 18.8. The van der Waals surface area contributed by atoms with Crippen LogP contribution in [0.5, 0.6) is 0 Å². The molecule has 9 nitrogen and oxygen atoms in total. The Morgan fingerprint density at radius 3 is 2.68 bits per heavy atom. The average molecular weight is 442 g/mol. The van der Waals surface area contributed by atoms with Gasteiger partial charge in [0, 0.05) is 52.4 Å². The third-order valence-electron chi connectivity index (χ3n) is 5.23. The van der Waals surface area contributed by atoms with E-state index >= 15 is 0 Å². The van der Waals surface area contributed by atoms with Crippen LogP contribution in [0.2, 0.25) is 0 Å². The molecule has 164 valence electrons. The van der Waals surface area contributed by atoms with E-state index in [1.54, 1.807) is 31.2 Å². The quantitative estimate of drug-likeness (QED) is 0.505. The van der Waals surface area contributed by atoms with Crippen LogP contribution in [0.15, 0.2) is 30.3 Å². The molecule has 0 bridgehead atoms. The monoisotopic (exact) mass is 441 g/mol. The highest BCUT2D eigenvalue weighted by molar-refractivity contribution is 7.20. The van der Waals surface area contributed by atoms with Gasteiger partial charge in [-0.1, -0.05) is 12.1 Å². The van der Waals surface area contributed by atoms with Crippen LogP contribution in [-0.2, 0) is 6.54 Å². The molecule has 0 atom stereocenters.